The summed E-state index contributed by atoms with van der Waals surface area (Å²) in [4.78, 5) is 33.5. The summed E-state index contributed by atoms with van der Waals surface area (Å²) in [5, 5.41) is 16.7. The molecule has 0 aromatic carbocycles. The average molecular weight is 301 g/mol. The monoisotopic (exact) mass is 301 g/mol. The molecule has 4 N–H and O–H groups in total. The maximum absolute atomic E-state index is 11.6. The third-order valence-corrected chi connectivity index (χ3v) is 2.83. The Morgan fingerprint density at radius 3 is 2.29 bits per heavy atom. The highest BCUT2D eigenvalue weighted by Gasteiger charge is 2.16. The highest BCUT2D eigenvalue weighted by molar-refractivity contribution is 5.78. The number of carboxylic acid groups (broad SMARTS) is 1. The van der Waals surface area contributed by atoms with Gasteiger partial charge in [0.25, 0.3) is 0 Å². The van der Waals surface area contributed by atoms with Crippen LogP contribution in [-0.2, 0) is 9.59 Å². The van der Waals surface area contributed by atoms with Gasteiger partial charge in [0.1, 0.15) is 0 Å². The fourth-order valence-electron chi connectivity index (χ4n) is 2.03. The molecule has 0 aliphatic carbocycles. The minimum Gasteiger partial charge on any atom is -0.481 e. The highest BCUT2D eigenvalue weighted by atomic mass is 16.4. The van der Waals surface area contributed by atoms with Crippen LogP contribution in [0, 0.1) is 11.8 Å². The van der Waals surface area contributed by atoms with E-state index in [2.05, 4.69) is 16.0 Å². The smallest absolute Gasteiger partial charge is 0.314 e. The van der Waals surface area contributed by atoms with Gasteiger partial charge in [0.15, 0.2) is 0 Å². The summed E-state index contributed by atoms with van der Waals surface area (Å²) in [6, 6.07) is -0.376. The number of carbonyl (C=O) groups is 3. The van der Waals surface area contributed by atoms with E-state index in [1.807, 2.05) is 20.8 Å². The Kier molecular flexibility index (Phi) is 10.0. The van der Waals surface area contributed by atoms with Gasteiger partial charge in [0.05, 0.1) is 0 Å². The van der Waals surface area contributed by atoms with Crippen LogP contribution in [0.1, 0.15) is 40.0 Å². The molecule has 7 heteroatoms. The standard InChI is InChI=1S/C14H27N3O4/c1-4-15-12(18)5-6-16-14(21)17-9-11(7-10(2)3)8-13(19)20/h10-11H,4-9H2,1-3H3,(H,15,18)(H,19,20)(H2,16,17,21)/t11-/m0/s1. The first kappa shape index (κ1) is 19.2. The van der Waals surface area contributed by atoms with Gasteiger partial charge in [-0.25, -0.2) is 4.79 Å². The van der Waals surface area contributed by atoms with E-state index in [0.29, 0.717) is 19.0 Å². The molecule has 0 aromatic heterocycles. The number of carboxylic acids is 1. The van der Waals surface area contributed by atoms with Crippen molar-refractivity contribution in [2.75, 3.05) is 19.6 Å². The first-order valence-corrected chi connectivity index (χ1v) is 7.35. The van der Waals surface area contributed by atoms with Gasteiger partial charge >= 0.3 is 12.0 Å². The van der Waals surface area contributed by atoms with Crippen LogP contribution in [0.2, 0.25) is 0 Å². The lowest BCUT2D eigenvalue weighted by molar-refractivity contribution is -0.138. The topological polar surface area (TPSA) is 108 Å². The van der Waals surface area contributed by atoms with E-state index in [0.717, 1.165) is 6.42 Å². The summed E-state index contributed by atoms with van der Waals surface area (Å²) in [7, 11) is 0. The molecule has 7 nitrogen and oxygen atoms in total. The van der Waals surface area contributed by atoms with Crippen LogP contribution >= 0.6 is 0 Å². The average Bonchev–Trinajstić information content (AvgIpc) is 2.35. The normalized spacial score (nSPS) is 11.8. The molecule has 1 atom stereocenters. The van der Waals surface area contributed by atoms with Gasteiger partial charge in [-0.15, -0.1) is 0 Å². The molecule has 0 fully saturated rings. The second-order valence-electron chi connectivity index (χ2n) is 5.43. The second-order valence-corrected chi connectivity index (χ2v) is 5.43. The van der Waals surface area contributed by atoms with E-state index in [4.69, 9.17) is 5.11 Å². The van der Waals surface area contributed by atoms with Crippen molar-refractivity contribution in [2.45, 2.75) is 40.0 Å². The molecule has 122 valence electrons. The molecule has 0 aliphatic rings. The Hall–Kier alpha value is -1.79. The quantitative estimate of drug-likeness (QED) is 0.482. The van der Waals surface area contributed by atoms with Crippen molar-refractivity contribution >= 4 is 17.9 Å². The summed E-state index contributed by atoms with van der Waals surface area (Å²) in [5.41, 5.74) is 0. The van der Waals surface area contributed by atoms with E-state index >= 15 is 0 Å². The Morgan fingerprint density at radius 1 is 1.10 bits per heavy atom. The largest absolute Gasteiger partial charge is 0.481 e. The maximum Gasteiger partial charge on any atom is 0.314 e. The zero-order valence-corrected chi connectivity index (χ0v) is 13.1. The highest BCUT2D eigenvalue weighted by Crippen LogP contribution is 2.14. The van der Waals surface area contributed by atoms with Crippen molar-refractivity contribution in [1.82, 2.24) is 16.0 Å². The summed E-state index contributed by atoms with van der Waals surface area (Å²) in [6.45, 7) is 7.00. The third kappa shape index (κ3) is 11.7. The van der Waals surface area contributed by atoms with Gasteiger partial charge in [-0.2, -0.15) is 0 Å². The Morgan fingerprint density at radius 2 is 1.76 bits per heavy atom. The first-order valence-electron chi connectivity index (χ1n) is 7.35. The summed E-state index contributed by atoms with van der Waals surface area (Å²) in [5.74, 6) is -0.686. The van der Waals surface area contributed by atoms with Crippen LogP contribution in [0.4, 0.5) is 4.79 Å². The molecule has 0 heterocycles. The van der Waals surface area contributed by atoms with Gasteiger partial charge in [-0.3, -0.25) is 9.59 Å². The number of hydrogen-bond acceptors (Lipinski definition) is 3. The maximum atomic E-state index is 11.6. The molecule has 0 aromatic rings. The summed E-state index contributed by atoms with van der Waals surface area (Å²) < 4.78 is 0. The van der Waals surface area contributed by atoms with Gasteiger partial charge < -0.3 is 21.1 Å². The van der Waals surface area contributed by atoms with E-state index in [1.165, 1.54) is 0 Å². The molecular formula is C14H27N3O4. The number of urea groups is 1. The lowest BCUT2D eigenvalue weighted by Crippen LogP contribution is -2.40. The van der Waals surface area contributed by atoms with Crippen molar-refractivity contribution in [1.29, 1.82) is 0 Å². The van der Waals surface area contributed by atoms with Crippen LogP contribution in [-0.4, -0.2) is 42.6 Å². The number of nitrogens with one attached hydrogen (secondary N) is 3. The molecule has 0 aliphatic heterocycles. The zero-order valence-electron chi connectivity index (χ0n) is 13.1. The molecule has 0 spiro atoms. The van der Waals surface area contributed by atoms with Gasteiger partial charge in [-0.1, -0.05) is 13.8 Å². The predicted octanol–water partition coefficient (Wildman–Crippen LogP) is 0.949. The number of aliphatic carboxylic acids is 1. The first-order chi connectivity index (χ1) is 9.85. The number of rotatable bonds is 10. The molecular weight excluding hydrogens is 274 g/mol. The van der Waals surface area contributed by atoms with Crippen molar-refractivity contribution in [2.24, 2.45) is 11.8 Å². The molecule has 0 bridgehead atoms. The van der Waals surface area contributed by atoms with Crippen LogP contribution in [0.3, 0.4) is 0 Å². The van der Waals surface area contributed by atoms with Crippen molar-refractivity contribution in [3.8, 4) is 0 Å². The molecule has 0 radical (unpaired) electrons. The molecule has 21 heavy (non-hydrogen) atoms. The SMILES string of the molecule is CCNC(=O)CCNC(=O)NC[C@H](CC(=O)O)CC(C)C. The lowest BCUT2D eigenvalue weighted by atomic mass is 9.94. The Bertz CT molecular complexity index is 345. The van der Waals surface area contributed by atoms with Crippen molar-refractivity contribution < 1.29 is 19.5 Å². The summed E-state index contributed by atoms with van der Waals surface area (Å²) in [6.07, 6.45) is 1.01. The minimum atomic E-state index is -0.862. The Balaban J connectivity index is 3.95. The zero-order chi connectivity index (χ0) is 16.3. The minimum absolute atomic E-state index is 0.0391. The molecule has 0 saturated heterocycles. The van der Waals surface area contributed by atoms with Gasteiger partial charge in [0, 0.05) is 32.5 Å². The molecule has 3 amide bonds. The summed E-state index contributed by atoms with van der Waals surface area (Å²) >= 11 is 0. The predicted molar refractivity (Wildman–Crippen MR) is 79.9 cm³/mol. The van der Waals surface area contributed by atoms with Gasteiger partial charge in [-0.05, 0) is 25.2 Å². The molecule has 0 saturated carbocycles. The molecule has 0 unspecified atom stereocenters. The number of amides is 3. The van der Waals surface area contributed by atoms with Crippen LogP contribution < -0.4 is 16.0 Å². The fourth-order valence-corrected chi connectivity index (χ4v) is 2.03. The van der Waals surface area contributed by atoms with Crippen molar-refractivity contribution in [3.63, 3.8) is 0 Å². The van der Waals surface area contributed by atoms with Crippen LogP contribution in [0.5, 0.6) is 0 Å². The van der Waals surface area contributed by atoms with Crippen molar-refractivity contribution in [3.05, 3.63) is 0 Å². The molecule has 0 rings (SSSR count). The van der Waals surface area contributed by atoms with Crippen LogP contribution in [0.15, 0.2) is 0 Å². The van der Waals surface area contributed by atoms with E-state index in [9.17, 15) is 14.4 Å². The number of hydrogen-bond donors (Lipinski definition) is 4. The third-order valence-electron chi connectivity index (χ3n) is 2.83. The lowest BCUT2D eigenvalue weighted by Gasteiger charge is -2.18. The van der Waals surface area contributed by atoms with E-state index in [-0.39, 0.29) is 37.2 Å². The second kappa shape index (κ2) is 10.9. The fraction of sp³-hybridized carbons (Fsp3) is 0.786. The number of carbonyl (C=O) groups excluding carboxylic acids is 2. The van der Waals surface area contributed by atoms with Gasteiger partial charge in [0.2, 0.25) is 5.91 Å². The van der Waals surface area contributed by atoms with Crippen LogP contribution in [0.25, 0.3) is 0 Å². The van der Waals surface area contributed by atoms with E-state index < -0.39 is 5.97 Å². The Labute approximate surface area is 125 Å². The van der Waals surface area contributed by atoms with E-state index in [1.54, 1.807) is 0 Å².